The van der Waals surface area contributed by atoms with Gasteiger partial charge in [0.15, 0.2) is 0 Å². The van der Waals surface area contributed by atoms with Gasteiger partial charge in [-0.25, -0.2) is 0 Å². The fourth-order valence-electron chi connectivity index (χ4n) is 3.15. The quantitative estimate of drug-likeness (QED) is 0.812. The van der Waals surface area contributed by atoms with Gasteiger partial charge in [0.05, 0.1) is 10.6 Å². The highest BCUT2D eigenvalue weighted by atomic mass is 35.5. The van der Waals surface area contributed by atoms with Crippen LogP contribution in [0.1, 0.15) is 43.5 Å². The van der Waals surface area contributed by atoms with E-state index in [0.29, 0.717) is 28.6 Å². The number of nitrogens with one attached hydrogen (secondary N) is 2. The van der Waals surface area contributed by atoms with E-state index in [-0.39, 0.29) is 17.7 Å². The third kappa shape index (κ3) is 5.72. The van der Waals surface area contributed by atoms with Crippen molar-refractivity contribution in [1.82, 2.24) is 10.2 Å². The Kier molecular flexibility index (Phi) is 7.26. The van der Waals surface area contributed by atoms with Gasteiger partial charge in [-0.2, -0.15) is 0 Å². The summed E-state index contributed by atoms with van der Waals surface area (Å²) in [5.74, 6) is 0.787. The first-order chi connectivity index (χ1) is 11.9. The summed E-state index contributed by atoms with van der Waals surface area (Å²) < 4.78 is 0. The number of nitrogens with zero attached hydrogens (tertiary/aromatic N) is 1. The number of piperidine rings is 1. The second kappa shape index (κ2) is 9.20. The van der Waals surface area contributed by atoms with E-state index in [4.69, 9.17) is 11.6 Å². The Labute approximate surface area is 155 Å². The first kappa shape index (κ1) is 19.7. The van der Waals surface area contributed by atoms with E-state index in [1.807, 2.05) is 25.8 Å². The van der Waals surface area contributed by atoms with Gasteiger partial charge < -0.3 is 15.5 Å². The molecule has 138 valence electrons. The fraction of sp³-hybridized carbons (Fsp3) is 0.579. The number of hydrogen-bond donors (Lipinski definition) is 2. The first-order valence-corrected chi connectivity index (χ1v) is 9.31. The van der Waals surface area contributed by atoms with Crippen LogP contribution in [-0.4, -0.2) is 43.4 Å². The molecule has 1 fully saturated rings. The molecule has 1 saturated heterocycles. The van der Waals surface area contributed by atoms with Crippen LogP contribution in [0, 0.1) is 11.8 Å². The maximum atomic E-state index is 12.8. The van der Waals surface area contributed by atoms with Crippen molar-refractivity contribution in [3.63, 3.8) is 0 Å². The summed E-state index contributed by atoms with van der Waals surface area (Å²) >= 11 is 6.24. The number of amides is 2. The summed E-state index contributed by atoms with van der Waals surface area (Å²) in [6, 6.07) is 5.09. The minimum atomic E-state index is -0.0622. The van der Waals surface area contributed by atoms with Gasteiger partial charge in [0.1, 0.15) is 0 Å². The molecule has 1 heterocycles. The molecule has 25 heavy (non-hydrogen) atoms. The van der Waals surface area contributed by atoms with Gasteiger partial charge in [0, 0.05) is 25.2 Å². The molecule has 1 aromatic carbocycles. The molecule has 6 heteroatoms. The molecular formula is C19H28ClN3O2. The zero-order valence-electron chi connectivity index (χ0n) is 15.3. The average Bonchev–Trinajstić information content (AvgIpc) is 2.56. The standard InChI is InChI=1S/C19H28ClN3O2/c1-13(2)10-18(24)22-15-4-5-17(20)16(11-15)19(25)23-8-6-14(7-9-23)12-21-3/h4-5,11,13-14,21H,6-10,12H2,1-3H3,(H,22,24). The van der Waals surface area contributed by atoms with Gasteiger partial charge >= 0.3 is 0 Å². The number of halogens is 1. The number of carbonyl (C=O) groups excluding carboxylic acids is 2. The molecule has 0 aromatic heterocycles. The molecule has 1 aromatic rings. The highest BCUT2D eigenvalue weighted by Gasteiger charge is 2.24. The van der Waals surface area contributed by atoms with Crippen LogP contribution in [0.5, 0.6) is 0 Å². The molecule has 0 radical (unpaired) electrons. The van der Waals surface area contributed by atoms with E-state index in [0.717, 1.165) is 32.5 Å². The van der Waals surface area contributed by atoms with Crippen LogP contribution in [0.15, 0.2) is 18.2 Å². The Morgan fingerprint density at radius 3 is 2.56 bits per heavy atom. The Morgan fingerprint density at radius 2 is 1.96 bits per heavy atom. The maximum Gasteiger partial charge on any atom is 0.255 e. The molecule has 1 aliphatic rings. The number of likely N-dealkylation sites (tertiary alicyclic amines) is 1. The predicted molar refractivity (Wildman–Crippen MR) is 102 cm³/mol. The van der Waals surface area contributed by atoms with Crippen molar-refractivity contribution in [2.24, 2.45) is 11.8 Å². The van der Waals surface area contributed by atoms with Gasteiger partial charge in [-0.05, 0) is 56.5 Å². The molecule has 0 bridgehead atoms. The number of hydrogen-bond acceptors (Lipinski definition) is 3. The molecule has 0 unspecified atom stereocenters. The van der Waals surface area contributed by atoms with E-state index in [2.05, 4.69) is 10.6 Å². The minimum absolute atomic E-state index is 0.0522. The van der Waals surface area contributed by atoms with Crippen molar-refractivity contribution < 1.29 is 9.59 Å². The molecule has 2 N–H and O–H groups in total. The van der Waals surface area contributed by atoms with Gasteiger partial charge in [-0.1, -0.05) is 25.4 Å². The molecule has 0 atom stereocenters. The van der Waals surface area contributed by atoms with Crippen LogP contribution >= 0.6 is 11.6 Å². The van der Waals surface area contributed by atoms with Crippen LogP contribution < -0.4 is 10.6 Å². The van der Waals surface area contributed by atoms with E-state index in [9.17, 15) is 9.59 Å². The maximum absolute atomic E-state index is 12.8. The Morgan fingerprint density at radius 1 is 1.28 bits per heavy atom. The lowest BCUT2D eigenvalue weighted by atomic mass is 9.96. The Hall–Kier alpha value is -1.59. The fourth-order valence-corrected chi connectivity index (χ4v) is 3.35. The number of rotatable bonds is 6. The third-order valence-corrected chi connectivity index (χ3v) is 4.80. The molecule has 2 rings (SSSR count). The van der Waals surface area contributed by atoms with Crippen molar-refractivity contribution in [2.45, 2.75) is 33.1 Å². The summed E-state index contributed by atoms with van der Waals surface area (Å²) in [7, 11) is 1.95. The van der Waals surface area contributed by atoms with Gasteiger partial charge in [0.25, 0.3) is 5.91 Å². The Bertz CT molecular complexity index is 611. The van der Waals surface area contributed by atoms with E-state index < -0.39 is 0 Å². The van der Waals surface area contributed by atoms with Crippen molar-refractivity contribution in [3.05, 3.63) is 28.8 Å². The summed E-state index contributed by atoms with van der Waals surface area (Å²) in [4.78, 5) is 26.6. The summed E-state index contributed by atoms with van der Waals surface area (Å²) in [6.45, 7) is 6.46. The van der Waals surface area contributed by atoms with Crippen molar-refractivity contribution in [2.75, 3.05) is 32.0 Å². The van der Waals surface area contributed by atoms with Gasteiger partial charge in [-0.15, -0.1) is 0 Å². The van der Waals surface area contributed by atoms with Crippen molar-refractivity contribution in [1.29, 1.82) is 0 Å². The highest BCUT2D eigenvalue weighted by Crippen LogP contribution is 2.25. The molecule has 0 spiro atoms. The third-order valence-electron chi connectivity index (χ3n) is 4.47. The van der Waals surface area contributed by atoms with E-state index in [1.54, 1.807) is 18.2 Å². The van der Waals surface area contributed by atoms with Crippen LogP contribution in [0.25, 0.3) is 0 Å². The molecule has 2 amide bonds. The van der Waals surface area contributed by atoms with Crippen LogP contribution in [0.4, 0.5) is 5.69 Å². The minimum Gasteiger partial charge on any atom is -0.339 e. The molecule has 0 aliphatic carbocycles. The predicted octanol–water partition coefficient (Wildman–Crippen LogP) is 3.40. The summed E-state index contributed by atoms with van der Waals surface area (Å²) in [6.07, 6.45) is 2.44. The van der Waals surface area contributed by atoms with Crippen LogP contribution in [0.3, 0.4) is 0 Å². The normalized spacial score (nSPS) is 15.5. The van der Waals surface area contributed by atoms with E-state index in [1.165, 1.54) is 0 Å². The zero-order chi connectivity index (χ0) is 18.4. The molecule has 5 nitrogen and oxygen atoms in total. The highest BCUT2D eigenvalue weighted by molar-refractivity contribution is 6.34. The smallest absolute Gasteiger partial charge is 0.255 e. The van der Waals surface area contributed by atoms with Gasteiger partial charge in [0.2, 0.25) is 5.91 Å². The van der Waals surface area contributed by atoms with E-state index >= 15 is 0 Å². The lowest BCUT2D eigenvalue weighted by molar-refractivity contribution is -0.116. The van der Waals surface area contributed by atoms with Crippen molar-refractivity contribution >= 4 is 29.1 Å². The average molecular weight is 366 g/mol. The summed E-state index contributed by atoms with van der Waals surface area (Å²) in [5, 5.41) is 6.46. The van der Waals surface area contributed by atoms with Crippen LogP contribution in [-0.2, 0) is 4.79 Å². The molecule has 0 saturated carbocycles. The lowest BCUT2D eigenvalue weighted by Gasteiger charge is -2.32. The summed E-state index contributed by atoms with van der Waals surface area (Å²) in [5.41, 5.74) is 1.07. The molecular weight excluding hydrogens is 338 g/mol. The topological polar surface area (TPSA) is 61.4 Å². The monoisotopic (exact) mass is 365 g/mol. The number of carbonyl (C=O) groups is 2. The number of anilines is 1. The SMILES string of the molecule is CNCC1CCN(C(=O)c2cc(NC(=O)CC(C)C)ccc2Cl)CC1. The molecule has 1 aliphatic heterocycles. The van der Waals surface area contributed by atoms with Gasteiger partial charge in [-0.3, -0.25) is 9.59 Å². The van der Waals surface area contributed by atoms with Crippen molar-refractivity contribution in [3.8, 4) is 0 Å². The second-order valence-electron chi connectivity index (χ2n) is 7.13. The number of benzene rings is 1. The first-order valence-electron chi connectivity index (χ1n) is 8.94. The second-order valence-corrected chi connectivity index (χ2v) is 7.54. The Balaban J connectivity index is 2.04. The van der Waals surface area contributed by atoms with Crippen LogP contribution in [0.2, 0.25) is 5.02 Å². The largest absolute Gasteiger partial charge is 0.339 e. The lowest BCUT2D eigenvalue weighted by Crippen LogP contribution is -2.40. The zero-order valence-corrected chi connectivity index (χ0v) is 16.0.